The summed E-state index contributed by atoms with van der Waals surface area (Å²) >= 11 is 0. The fraction of sp³-hybridized carbons (Fsp3) is 0.231. The van der Waals surface area contributed by atoms with Gasteiger partial charge in [-0.2, -0.15) is 0 Å². The molecule has 3 heterocycles. The number of aromatic amines is 1. The number of ether oxygens (including phenoxy) is 1. The highest BCUT2D eigenvalue weighted by Gasteiger charge is 2.32. The molecule has 0 radical (unpaired) electrons. The van der Waals surface area contributed by atoms with Crippen LogP contribution in [0, 0.1) is 0 Å². The highest BCUT2D eigenvalue weighted by atomic mass is 32.2. The van der Waals surface area contributed by atoms with Crippen molar-refractivity contribution in [2.45, 2.75) is 23.8 Å². The molecule has 5 rings (SSSR count). The Morgan fingerprint density at radius 2 is 1.97 bits per heavy atom. The number of amides is 2. The number of carbonyl (C=O) groups excluding carboxylic acids is 1. The van der Waals surface area contributed by atoms with E-state index in [1.54, 1.807) is 29.3 Å². The summed E-state index contributed by atoms with van der Waals surface area (Å²) in [6.45, 7) is 0.151. The van der Waals surface area contributed by atoms with Crippen LogP contribution in [0.4, 0.5) is 4.79 Å². The zero-order valence-electron chi connectivity index (χ0n) is 20.4. The average molecular weight is 536 g/mol. The first kappa shape index (κ1) is 25.2. The van der Waals surface area contributed by atoms with E-state index in [1.807, 2.05) is 24.3 Å². The summed E-state index contributed by atoms with van der Waals surface area (Å²) in [6, 6.07) is 14.9. The molecule has 11 nitrogen and oxygen atoms in total. The number of benzene rings is 2. The van der Waals surface area contributed by atoms with Crippen LogP contribution in [0.3, 0.4) is 0 Å². The Bertz CT molecular complexity index is 1600. The smallest absolute Gasteiger partial charge is 0.405 e. The Balaban J connectivity index is 1.55. The molecule has 2 amide bonds. The number of sulfone groups is 1. The van der Waals surface area contributed by atoms with Crippen LogP contribution in [-0.4, -0.2) is 64.7 Å². The van der Waals surface area contributed by atoms with E-state index in [9.17, 15) is 18.0 Å². The molecule has 12 heteroatoms. The molecular formula is C26H25N5O6S. The van der Waals surface area contributed by atoms with E-state index >= 15 is 0 Å². The molecule has 1 aliphatic rings. The molecule has 0 spiro atoms. The summed E-state index contributed by atoms with van der Waals surface area (Å²) in [5.41, 5.74) is 2.74. The van der Waals surface area contributed by atoms with Crippen molar-refractivity contribution in [3.63, 3.8) is 0 Å². The number of nitrogens with one attached hydrogen (secondary N) is 2. The number of nitrogens with zero attached hydrogens (tertiary/aromatic N) is 3. The lowest BCUT2D eigenvalue weighted by molar-refractivity contribution is -0.131. The first-order valence-electron chi connectivity index (χ1n) is 11.9. The third-order valence-corrected chi connectivity index (χ3v) is 7.45. The van der Waals surface area contributed by atoms with Crippen molar-refractivity contribution in [1.29, 1.82) is 0 Å². The number of pyridine rings is 1. The first-order valence-corrected chi connectivity index (χ1v) is 13.8. The number of H-pyrrole nitrogens is 1. The molecule has 0 saturated carbocycles. The van der Waals surface area contributed by atoms with Gasteiger partial charge in [-0.3, -0.25) is 9.78 Å². The van der Waals surface area contributed by atoms with E-state index in [4.69, 9.17) is 9.84 Å². The van der Waals surface area contributed by atoms with Crippen molar-refractivity contribution < 1.29 is 27.9 Å². The summed E-state index contributed by atoms with van der Waals surface area (Å²) in [7, 11) is -3.36. The van der Waals surface area contributed by atoms with Crippen LogP contribution < -0.4 is 10.1 Å². The second kappa shape index (κ2) is 10.1. The van der Waals surface area contributed by atoms with Gasteiger partial charge in [0.15, 0.2) is 15.7 Å². The molecule has 1 saturated heterocycles. The van der Waals surface area contributed by atoms with Gasteiger partial charge in [0, 0.05) is 30.6 Å². The lowest BCUT2D eigenvalue weighted by Gasteiger charge is -2.26. The fourth-order valence-electron chi connectivity index (χ4n) is 4.55. The Labute approximate surface area is 218 Å². The molecule has 4 aromatic rings. The van der Waals surface area contributed by atoms with Crippen LogP contribution in [0.15, 0.2) is 65.7 Å². The van der Waals surface area contributed by atoms with Gasteiger partial charge in [-0.15, -0.1) is 0 Å². The molecule has 38 heavy (non-hydrogen) atoms. The Morgan fingerprint density at radius 3 is 2.66 bits per heavy atom. The molecular weight excluding hydrogens is 510 g/mol. The highest BCUT2D eigenvalue weighted by molar-refractivity contribution is 7.90. The van der Waals surface area contributed by atoms with Gasteiger partial charge in [-0.25, -0.2) is 18.2 Å². The van der Waals surface area contributed by atoms with E-state index in [1.165, 1.54) is 12.1 Å². The number of fused-ring (bicyclic) bond motifs is 1. The summed E-state index contributed by atoms with van der Waals surface area (Å²) in [5.74, 6) is 1.12. The molecule has 1 aliphatic heterocycles. The maximum absolute atomic E-state index is 12.9. The van der Waals surface area contributed by atoms with Gasteiger partial charge in [-0.05, 0) is 55.3 Å². The fourth-order valence-corrected chi connectivity index (χ4v) is 5.18. The van der Waals surface area contributed by atoms with Crippen LogP contribution in [0.2, 0.25) is 0 Å². The van der Waals surface area contributed by atoms with Crippen molar-refractivity contribution in [2.75, 3.05) is 19.3 Å². The van der Waals surface area contributed by atoms with E-state index in [-0.39, 0.29) is 23.4 Å². The lowest BCUT2D eigenvalue weighted by Crippen LogP contribution is -2.39. The van der Waals surface area contributed by atoms with Gasteiger partial charge in [0.05, 0.1) is 22.0 Å². The van der Waals surface area contributed by atoms with Crippen molar-refractivity contribution in [1.82, 2.24) is 25.2 Å². The summed E-state index contributed by atoms with van der Waals surface area (Å²) in [4.78, 5) is 37.9. The highest BCUT2D eigenvalue weighted by Crippen LogP contribution is 2.41. The number of carbonyl (C=O) groups is 2. The molecule has 3 N–H and O–H groups in total. The topological polar surface area (TPSA) is 155 Å². The van der Waals surface area contributed by atoms with Gasteiger partial charge in [0.1, 0.15) is 23.7 Å². The van der Waals surface area contributed by atoms with Crippen molar-refractivity contribution in [2.24, 2.45) is 0 Å². The molecule has 2 aromatic carbocycles. The van der Waals surface area contributed by atoms with Gasteiger partial charge < -0.3 is 25.0 Å². The SMILES string of the molecule is CS(=O)(=O)c1ccc(Oc2cc3nc(-c4ccccn4)[nH]c3cc2C2CCCN2C(=O)CNC(=O)O)cc1. The maximum atomic E-state index is 12.9. The normalized spacial score (nSPS) is 15.5. The molecule has 2 aromatic heterocycles. The third kappa shape index (κ3) is 5.30. The van der Waals surface area contributed by atoms with Crippen LogP contribution in [-0.2, 0) is 14.6 Å². The first-order chi connectivity index (χ1) is 18.2. The standard InChI is InChI=1S/C26H25N5O6S/c1-38(35,36)17-9-7-16(8-10-17)37-23-14-21-20(29-25(30-21)19-5-2-3-11-27-19)13-18(23)22-6-4-12-31(22)24(32)15-28-26(33)34/h2-3,5,7-11,13-14,22,28H,4,6,12,15H2,1H3,(H,29,30)(H,33,34). The number of rotatable bonds is 7. The van der Waals surface area contributed by atoms with Crippen LogP contribution in [0.5, 0.6) is 11.5 Å². The summed E-state index contributed by atoms with van der Waals surface area (Å²) in [5, 5.41) is 11.1. The van der Waals surface area contributed by atoms with Crippen molar-refractivity contribution in [3.05, 3.63) is 66.4 Å². The summed E-state index contributed by atoms with van der Waals surface area (Å²) in [6.07, 6.45) is 2.95. The van der Waals surface area contributed by atoms with Crippen molar-refractivity contribution in [3.8, 4) is 23.0 Å². The predicted molar refractivity (Wildman–Crippen MR) is 139 cm³/mol. The van der Waals surface area contributed by atoms with Crippen LogP contribution >= 0.6 is 0 Å². The van der Waals surface area contributed by atoms with Gasteiger partial charge >= 0.3 is 6.09 Å². The van der Waals surface area contributed by atoms with Crippen LogP contribution in [0.1, 0.15) is 24.4 Å². The zero-order valence-corrected chi connectivity index (χ0v) is 21.2. The number of hydrogen-bond acceptors (Lipinski definition) is 7. The second-order valence-electron chi connectivity index (χ2n) is 8.96. The van der Waals surface area contributed by atoms with E-state index in [2.05, 4.69) is 20.3 Å². The molecule has 196 valence electrons. The number of imidazole rings is 1. The minimum absolute atomic E-state index is 0.173. The number of hydrogen-bond donors (Lipinski definition) is 3. The molecule has 0 aliphatic carbocycles. The van der Waals surface area contributed by atoms with Gasteiger partial charge in [0.25, 0.3) is 0 Å². The van der Waals surface area contributed by atoms with Gasteiger partial charge in [-0.1, -0.05) is 6.07 Å². The van der Waals surface area contributed by atoms with E-state index in [0.717, 1.165) is 23.8 Å². The molecule has 1 unspecified atom stereocenters. The van der Waals surface area contributed by atoms with E-state index in [0.29, 0.717) is 41.5 Å². The zero-order chi connectivity index (χ0) is 26.9. The monoisotopic (exact) mass is 535 g/mol. The van der Waals surface area contributed by atoms with Gasteiger partial charge in [0.2, 0.25) is 5.91 Å². The lowest BCUT2D eigenvalue weighted by atomic mass is 10.0. The summed E-state index contributed by atoms with van der Waals surface area (Å²) < 4.78 is 29.9. The largest absolute Gasteiger partial charge is 0.465 e. The minimum atomic E-state index is -3.36. The predicted octanol–water partition coefficient (Wildman–Crippen LogP) is 3.75. The maximum Gasteiger partial charge on any atom is 0.405 e. The molecule has 0 bridgehead atoms. The molecule has 1 fully saturated rings. The van der Waals surface area contributed by atoms with Crippen LogP contribution in [0.25, 0.3) is 22.6 Å². The number of carboxylic acid groups (broad SMARTS) is 1. The third-order valence-electron chi connectivity index (χ3n) is 6.32. The van der Waals surface area contributed by atoms with Crippen molar-refractivity contribution >= 4 is 32.9 Å². The molecule has 1 atom stereocenters. The Hall–Kier alpha value is -4.45. The van der Waals surface area contributed by atoms with E-state index < -0.39 is 15.9 Å². The number of likely N-dealkylation sites (tertiary alicyclic amines) is 1. The average Bonchev–Trinajstić information content (AvgIpc) is 3.54. The second-order valence-corrected chi connectivity index (χ2v) is 11.0. The number of aromatic nitrogens is 3. The quantitative estimate of drug-likeness (QED) is 0.323. The minimum Gasteiger partial charge on any atom is -0.465 e. The Morgan fingerprint density at radius 1 is 1.18 bits per heavy atom. The Kier molecular flexibility index (Phi) is 6.72.